The quantitative estimate of drug-likeness (QED) is 0.848. The SMILES string of the molecule is Fc1cc(CNc2cccc(Cl)n2)ccc1Cl. The maximum atomic E-state index is 13.2. The van der Waals surface area contributed by atoms with Gasteiger partial charge in [0.2, 0.25) is 0 Å². The highest BCUT2D eigenvalue weighted by Crippen LogP contribution is 2.16. The Hall–Kier alpha value is -1.32. The van der Waals surface area contributed by atoms with E-state index in [0.717, 1.165) is 5.56 Å². The first-order valence-corrected chi connectivity index (χ1v) is 5.71. The van der Waals surface area contributed by atoms with E-state index in [-0.39, 0.29) is 5.02 Å². The number of aromatic nitrogens is 1. The molecule has 17 heavy (non-hydrogen) atoms. The maximum Gasteiger partial charge on any atom is 0.142 e. The average molecular weight is 271 g/mol. The molecule has 0 saturated carbocycles. The van der Waals surface area contributed by atoms with Crippen molar-refractivity contribution in [3.63, 3.8) is 0 Å². The fourth-order valence-electron chi connectivity index (χ4n) is 1.35. The second-order valence-electron chi connectivity index (χ2n) is 3.45. The first kappa shape index (κ1) is 12.1. The molecule has 1 heterocycles. The Balaban J connectivity index is 2.05. The summed E-state index contributed by atoms with van der Waals surface area (Å²) >= 11 is 11.3. The van der Waals surface area contributed by atoms with E-state index >= 15 is 0 Å². The third-order valence-corrected chi connectivity index (χ3v) is 2.69. The number of anilines is 1. The van der Waals surface area contributed by atoms with E-state index in [2.05, 4.69) is 10.3 Å². The first-order chi connectivity index (χ1) is 8.15. The highest BCUT2D eigenvalue weighted by molar-refractivity contribution is 6.30. The molecule has 2 rings (SSSR count). The molecule has 0 spiro atoms. The zero-order valence-electron chi connectivity index (χ0n) is 8.75. The summed E-state index contributed by atoms with van der Waals surface area (Å²) < 4.78 is 13.2. The summed E-state index contributed by atoms with van der Waals surface area (Å²) in [6, 6.07) is 9.94. The van der Waals surface area contributed by atoms with Gasteiger partial charge in [-0.25, -0.2) is 9.37 Å². The van der Waals surface area contributed by atoms with Gasteiger partial charge in [0.25, 0.3) is 0 Å². The molecule has 88 valence electrons. The number of benzene rings is 1. The molecule has 5 heteroatoms. The monoisotopic (exact) mass is 270 g/mol. The molecule has 1 N–H and O–H groups in total. The van der Waals surface area contributed by atoms with Crippen molar-refractivity contribution in [1.82, 2.24) is 4.98 Å². The van der Waals surface area contributed by atoms with Gasteiger partial charge in [-0.05, 0) is 29.8 Å². The van der Waals surface area contributed by atoms with Crippen LogP contribution in [0.4, 0.5) is 10.2 Å². The number of hydrogen-bond donors (Lipinski definition) is 1. The smallest absolute Gasteiger partial charge is 0.142 e. The highest BCUT2D eigenvalue weighted by Gasteiger charge is 2.01. The molecule has 0 bridgehead atoms. The van der Waals surface area contributed by atoms with E-state index in [0.29, 0.717) is 17.5 Å². The number of nitrogens with one attached hydrogen (secondary N) is 1. The summed E-state index contributed by atoms with van der Waals surface area (Å²) in [5.74, 6) is 0.220. The molecule has 0 saturated heterocycles. The Morgan fingerprint density at radius 2 is 2.00 bits per heavy atom. The van der Waals surface area contributed by atoms with E-state index in [1.807, 2.05) is 0 Å². The molecule has 0 aliphatic heterocycles. The molecule has 0 atom stereocenters. The summed E-state index contributed by atoms with van der Waals surface area (Å²) in [6.07, 6.45) is 0. The number of nitrogens with zero attached hydrogens (tertiary/aromatic N) is 1. The van der Waals surface area contributed by atoms with E-state index in [9.17, 15) is 4.39 Å². The topological polar surface area (TPSA) is 24.9 Å². The van der Waals surface area contributed by atoms with Crippen molar-refractivity contribution >= 4 is 29.0 Å². The second kappa shape index (κ2) is 5.34. The van der Waals surface area contributed by atoms with Gasteiger partial charge in [-0.15, -0.1) is 0 Å². The maximum absolute atomic E-state index is 13.2. The van der Waals surface area contributed by atoms with Crippen molar-refractivity contribution < 1.29 is 4.39 Å². The molecular weight excluding hydrogens is 262 g/mol. The van der Waals surface area contributed by atoms with Crippen LogP contribution in [0.2, 0.25) is 10.2 Å². The van der Waals surface area contributed by atoms with Crippen molar-refractivity contribution in [2.45, 2.75) is 6.54 Å². The van der Waals surface area contributed by atoms with Gasteiger partial charge in [0, 0.05) is 6.54 Å². The van der Waals surface area contributed by atoms with E-state index in [1.165, 1.54) is 12.1 Å². The van der Waals surface area contributed by atoms with Gasteiger partial charge in [-0.3, -0.25) is 0 Å². The molecule has 1 aromatic carbocycles. The van der Waals surface area contributed by atoms with Crippen LogP contribution in [0.3, 0.4) is 0 Å². The van der Waals surface area contributed by atoms with Crippen LogP contribution in [0.5, 0.6) is 0 Å². The number of pyridine rings is 1. The predicted octanol–water partition coefficient (Wildman–Crippen LogP) is 4.14. The van der Waals surface area contributed by atoms with E-state index in [4.69, 9.17) is 23.2 Å². The molecule has 2 nitrogen and oxygen atoms in total. The summed E-state index contributed by atoms with van der Waals surface area (Å²) in [5.41, 5.74) is 0.786. The molecule has 2 aromatic rings. The van der Waals surface area contributed by atoms with Crippen molar-refractivity contribution in [3.8, 4) is 0 Å². The van der Waals surface area contributed by atoms with E-state index < -0.39 is 5.82 Å². The minimum absolute atomic E-state index is 0.120. The van der Waals surface area contributed by atoms with Crippen molar-refractivity contribution in [1.29, 1.82) is 0 Å². The van der Waals surface area contributed by atoms with Gasteiger partial charge in [-0.1, -0.05) is 35.3 Å². The first-order valence-electron chi connectivity index (χ1n) is 4.95. The zero-order valence-corrected chi connectivity index (χ0v) is 10.3. The van der Waals surface area contributed by atoms with Crippen LogP contribution >= 0.6 is 23.2 Å². The van der Waals surface area contributed by atoms with Crippen LogP contribution < -0.4 is 5.32 Å². The summed E-state index contributed by atoms with van der Waals surface area (Å²) in [5, 5.41) is 3.58. The fraction of sp³-hybridized carbons (Fsp3) is 0.0833. The second-order valence-corrected chi connectivity index (χ2v) is 4.24. The molecule has 0 radical (unpaired) electrons. The van der Waals surface area contributed by atoms with Gasteiger partial charge < -0.3 is 5.32 Å². The van der Waals surface area contributed by atoms with Gasteiger partial charge in [0.1, 0.15) is 16.8 Å². The molecule has 0 unspecified atom stereocenters. The van der Waals surface area contributed by atoms with Gasteiger partial charge in [-0.2, -0.15) is 0 Å². The molecular formula is C12H9Cl2FN2. The summed E-state index contributed by atoms with van der Waals surface area (Å²) in [4.78, 5) is 4.06. The lowest BCUT2D eigenvalue weighted by molar-refractivity contribution is 0.626. The molecule has 0 aliphatic carbocycles. The Morgan fingerprint density at radius 3 is 2.71 bits per heavy atom. The van der Waals surface area contributed by atoms with Gasteiger partial charge in [0.15, 0.2) is 0 Å². The molecule has 0 amide bonds. The van der Waals surface area contributed by atoms with Crippen LogP contribution in [0.15, 0.2) is 36.4 Å². The minimum atomic E-state index is -0.426. The van der Waals surface area contributed by atoms with Crippen LogP contribution in [0, 0.1) is 5.82 Å². The van der Waals surface area contributed by atoms with Gasteiger partial charge >= 0.3 is 0 Å². The lowest BCUT2D eigenvalue weighted by atomic mass is 10.2. The van der Waals surface area contributed by atoms with Crippen molar-refractivity contribution in [3.05, 3.63) is 58.0 Å². The average Bonchev–Trinajstić information content (AvgIpc) is 2.31. The largest absolute Gasteiger partial charge is 0.366 e. The highest BCUT2D eigenvalue weighted by atomic mass is 35.5. The Kier molecular flexibility index (Phi) is 3.82. The van der Waals surface area contributed by atoms with E-state index in [1.54, 1.807) is 24.3 Å². The molecule has 0 fully saturated rings. The lowest BCUT2D eigenvalue weighted by Crippen LogP contribution is -2.01. The number of rotatable bonds is 3. The molecule has 1 aromatic heterocycles. The minimum Gasteiger partial charge on any atom is -0.366 e. The molecule has 0 aliphatic rings. The third kappa shape index (κ3) is 3.32. The summed E-state index contributed by atoms with van der Waals surface area (Å²) in [7, 11) is 0. The number of halogens is 3. The van der Waals surface area contributed by atoms with Crippen LogP contribution in [-0.4, -0.2) is 4.98 Å². The fourth-order valence-corrected chi connectivity index (χ4v) is 1.63. The third-order valence-electron chi connectivity index (χ3n) is 2.17. The zero-order chi connectivity index (χ0) is 12.3. The van der Waals surface area contributed by atoms with Gasteiger partial charge in [0.05, 0.1) is 5.02 Å². The Bertz CT molecular complexity index is 532. The van der Waals surface area contributed by atoms with Crippen LogP contribution in [-0.2, 0) is 6.54 Å². The standard InChI is InChI=1S/C12H9Cl2FN2/c13-9-5-4-8(6-10(9)15)7-16-12-3-1-2-11(14)17-12/h1-6H,7H2,(H,16,17). The predicted molar refractivity (Wildman–Crippen MR) is 68.0 cm³/mol. The van der Waals surface area contributed by atoms with Crippen molar-refractivity contribution in [2.75, 3.05) is 5.32 Å². The van der Waals surface area contributed by atoms with Crippen LogP contribution in [0.1, 0.15) is 5.56 Å². The van der Waals surface area contributed by atoms with Crippen molar-refractivity contribution in [2.24, 2.45) is 0 Å². The summed E-state index contributed by atoms with van der Waals surface area (Å²) in [6.45, 7) is 0.460. The Morgan fingerprint density at radius 1 is 1.18 bits per heavy atom. The number of hydrogen-bond acceptors (Lipinski definition) is 2. The van der Waals surface area contributed by atoms with Crippen LogP contribution in [0.25, 0.3) is 0 Å². The lowest BCUT2D eigenvalue weighted by Gasteiger charge is -2.06. The normalized spacial score (nSPS) is 10.3. The Labute approximate surface area is 108 Å².